The molecule has 5 N–H and O–H groups in total. The highest BCUT2D eigenvalue weighted by atomic mass is 32.2. The molecule has 0 aromatic heterocycles. The Kier molecular flexibility index (Phi) is 7.07. The monoisotopic (exact) mass is 877 g/mol. The van der Waals surface area contributed by atoms with E-state index in [2.05, 4.69) is 34.9 Å². The van der Waals surface area contributed by atoms with Crippen LogP contribution in [0.1, 0.15) is 33.4 Å². The van der Waals surface area contributed by atoms with Gasteiger partial charge in [0.05, 0.1) is 27.7 Å². The van der Waals surface area contributed by atoms with E-state index in [0.717, 1.165) is 50.1 Å². The number of anilines is 2. The predicted molar refractivity (Wildman–Crippen MR) is 243 cm³/mol. The van der Waals surface area contributed by atoms with E-state index >= 15 is 4.79 Å². The van der Waals surface area contributed by atoms with E-state index in [1.165, 1.54) is 18.2 Å². The predicted octanol–water partition coefficient (Wildman–Crippen LogP) is 8.01. The van der Waals surface area contributed by atoms with Gasteiger partial charge in [0.15, 0.2) is 5.66 Å². The summed E-state index contributed by atoms with van der Waals surface area (Å²) in [5.74, 6) is -0.855. The number of carbonyl (C=O) groups excluding carboxylic acids is 1. The van der Waals surface area contributed by atoms with Gasteiger partial charge in [-0.25, -0.2) is 4.99 Å². The Balaban J connectivity index is 1.10. The van der Waals surface area contributed by atoms with Crippen molar-refractivity contribution in [3.05, 3.63) is 195 Å². The molecule has 310 valence electrons. The van der Waals surface area contributed by atoms with E-state index in [0.29, 0.717) is 34.1 Å². The van der Waals surface area contributed by atoms with Crippen LogP contribution >= 0.6 is 0 Å². The summed E-state index contributed by atoms with van der Waals surface area (Å²) >= 11 is 0. The molecule has 0 atom stereocenters. The summed E-state index contributed by atoms with van der Waals surface area (Å²) in [6, 6.07) is 43.9. The van der Waals surface area contributed by atoms with Gasteiger partial charge in [0.2, 0.25) is 5.78 Å². The van der Waals surface area contributed by atoms with Crippen LogP contribution in [0.2, 0.25) is 0 Å². The van der Waals surface area contributed by atoms with Crippen molar-refractivity contribution in [3.8, 4) is 22.3 Å². The smallest absolute Gasteiger partial charge is 0.295 e. The molecule has 13 heteroatoms. The molecule has 2 heterocycles. The Bertz CT molecular complexity index is 3900. The van der Waals surface area contributed by atoms with Crippen LogP contribution in [0.4, 0.5) is 11.4 Å². The van der Waals surface area contributed by atoms with Gasteiger partial charge in [-0.2, -0.15) is 16.8 Å². The molecule has 0 amide bonds. The fourth-order valence-electron chi connectivity index (χ4n) is 11.2. The zero-order valence-corrected chi connectivity index (χ0v) is 34.8. The fourth-order valence-corrected chi connectivity index (χ4v) is 12.6. The highest BCUT2D eigenvalue weighted by molar-refractivity contribution is 7.86. The molecule has 0 unspecified atom stereocenters. The fraction of sp³-hybridized carbons (Fsp3) is 0.0588. The lowest BCUT2D eigenvalue weighted by Crippen LogP contribution is -2.44. The van der Waals surface area contributed by atoms with Crippen molar-refractivity contribution >= 4 is 70.1 Å². The lowest BCUT2D eigenvalue weighted by atomic mass is 9.74. The Morgan fingerprint density at radius 2 is 1.05 bits per heavy atom. The van der Waals surface area contributed by atoms with E-state index in [4.69, 9.17) is 4.99 Å². The summed E-state index contributed by atoms with van der Waals surface area (Å²) in [5.41, 5.74) is 7.48. The summed E-state index contributed by atoms with van der Waals surface area (Å²) in [6.07, 6.45) is 0.411. The molecular formula is C51H31N3O8S2. The quantitative estimate of drug-likeness (QED) is 0.109. The zero-order valence-electron chi connectivity index (χ0n) is 33.2. The number of Topliss-reactive ketones (excluding diaryl/α,β-unsaturated/α-hetero) is 1. The second-order valence-corrected chi connectivity index (χ2v) is 19.6. The number of rotatable bonds is 3. The third-order valence-corrected chi connectivity index (χ3v) is 15.6. The third-order valence-electron chi connectivity index (χ3n) is 13.7. The maximum absolute atomic E-state index is 15.0. The minimum Gasteiger partial charge on any atom is -0.506 e. The first-order valence-corrected chi connectivity index (χ1v) is 23.4. The van der Waals surface area contributed by atoms with Gasteiger partial charge in [-0.05, 0) is 57.1 Å². The highest BCUT2D eigenvalue weighted by Crippen LogP contribution is 2.57. The van der Waals surface area contributed by atoms with E-state index in [1.54, 1.807) is 30.3 Å². The molecule has 0 saturated heterocycles. The van der Waals surface area contributed by atoms with Crippen LogP contribution in [-0.2, 0) is 42.7 Å². The first-order valence-electron chi connectivity index (χ1n) is 20.5. The number of ketones is 1. The summed E-state index contributed by atoms with van der Waals surface area (Å²) in [5, 5.41) is 21.5. The number of fused-ring (bicyclic) bond motifs is 10. The van der Waals surface area contributed by atoms with Gasteiger partial charge >= 0.3 is 0 Å². The van der Waals surface area contributed by atoms with Crippen LogP contribution in [0.3, 0.4) is 0 Å². The van der Waals surface area contributed by atoms with E-state index in [9.17, 15) is 31.0 Å². The first kappa shape index (κ1) is 37.2. The minimum atomic E-state index is -4.71. The lowest BCUT2D eigenvalue weighted by molar-refractivity contribution is -0.109. The summed E-state index contributed by atoms with van der Waals surface area (Å²) in [7, 11) is -9.38. The number of aliphatic hydroxyl groups is 1. The van der Waals surface area contributed by atoms with Crippen LogP contribution in [0.15, 0.2) is 166 Å². The second kappa shape index (κ2) is 12.2. The van der Waals surface area contributed by atoms with Crippen molar-refractivity contribution in [2.24, 2.45) is 4.99 Å². The molecule has 0 bridgehead atoms. The van der Waals surface area contributed by atoms with E-state index in [1.807, 2.05) is 72.8 Å². The molecule has 0 saturated carbocycles. The number of hydrogen-bond donors (Lipinski definition) is 5. The number of nitrogens with one attached hydrogen (secondary N) is 2. The molecule has 5 aliphatic rings. The van der Waals surface area contributed by atoms with Gasteiger partial charge in [-0.15, -0.1) is 0 Å². The van der Waals surface area contributed by atoms with Gasteiger partial charge < -0.3 is 15.7 Å². The standard InChI is InChI=1S/C51H31N3O8S2/c55-48-44(33-20-18-31-40(63(57,58)59)23-17-26-25-50(53-46(33)42(26)31)35-13-5-1-9-27(35)28-10-2-6-14-36(28)50)49(56)45(48)34-21-19-32-41(64(60,61)62)24-22-39-43(32)47(34)54-51(52-39)37-15-7-3-11-29(37)30-12-4-8-16-38(30)51/h1-24,52-53,55H,25H2,(H,57,58,59)(H,60,61,62). The topological polar surface area (TPSA) is 182 Å². The van der Waals surface area contributed by atoms with Crippen molar-refractivity contribution in [1.29, 1.82) is 0 Å². The number of hydrogen-bond acceptors (Lipinski definition) is 9. The van der Waals surface area contributed by atoms with Gasteiger partial charge in [0.1, 0.15) is 15.6 Å². The van der Waals surface area contributed by atoms with Gasteiger partial charge in [-0.3, -0.25) is 13.9 Å². The molecule has 64 heavy (non-hydrogen) atoms. The van der Waals surface area contributed by atoms with Gasteiger partial charge in [0.25, 0.3) is 20.2 Å². The van der Waals surface area contributed by atoms with Crippen molar-refractivity contribution < 1.29 is 35.8 Å². The number of allylic oxidation sites excluding steroid dienone is 2. The minimum absolute atomic E-state index is 0.0151. The second-order valence-electron chi connectivity index (χ2n) is 16.8. The lowest BCUT2D eigenvalue weighted by Gasteiger charge is -2.40. The Hall–Kier alpha value is -7.42. The average molecular weight is 878 g/mol. The van der Waals surface area contributed by atoms with Crippen molar-refractivity contribution in [2.75, 3.05) is 10.6 Å². The molecule has 2 spiro atoms. The molecule has 0 radical (unpaired) electrons. The summed E-state index contributed by atoms with van der Waals surface area (Å²) in [4.78, 5) is 19.8. The number of carbonyl (C=O) groups is 1. The Morgan fingerprint density at radius 3 is 1.62 bits per heavy atom. The highest BCUT2D eigenvalue weighted by Gasteiger charge is 2.49. The molecule has 8 aromatic rings. The summed E-state index contributed by atoms with van der Waals surface area (Å²) < 4.78 is 71.9. The molecule has 11 nitrogen and oxygen atoms in total. The van der Waals surface area contributed by atoms with Crippen molar-refractivity contribution in [1.82, 2.24) is 0 Å². The summed E-state index contributed by atoms with van der Waals surface area (Å²) in [6.45, 7) is 0. The van der Waals surface area contributed by atoms with Crippen LogP contribution in [0.25, 0.3) is 54.9 Å². The molecule has 0 fully saturated rings. The molecule has 13 rings (SSSR count). The molecular weight excluding hydrogens is 847 g/mol. The van der Waals surface area contributed by atoms with E-state index in [-0.39, 0.29) is 48.0 Å². The van der Waals surface area contributed by atoms with Crippen LogP contribution in [-0.4, -0.2) is 36.8 Å². The largest absolute Gasteiger partial charge is 0.506 e. The van der Waals surface area contributed by atoms with Gasteiger partial charge in [0, 0.05) is 55.6 Å². The molecule has 8 aromatic carbocycles. The van der Waals surface area contributed by atoms with Crippen molar-refractivity contribution in [3.63, 3.8) is 0 Å². The van der Waals surface area contributed by atoms with Crippen LogP contribution in [0.5, 0.6) is 0 Å². The third kappa shape index (κ3) is 4.60. The number of nitrogens with zero attached hydrogens (tertiary/aromatic N) is 1. The normalized spacial score (nSPS) is 17.6. The van der Waals surface area contributed by atoms with Crippen LogP contribution in [0, 0.1) is 0 Å². The first-order chi connectivity index (χ1) is 30.8. The number of aliphatic hydroxyl groups excluding tert-OH is 1. The average Bonchev–Trinajstić information content (AvgIpc) is 3.70. The van der Waals surface area contributed by atoms with Crippen LogP contribution < -0.4 is 21.2 Å². The maximum atomic E-state index is 15.0. The molecule has 2 aliphatic heterocycles. The van der Waals surface area contributed by atoms with E-state index < -0.39 is 37.2 Å². The Labute approximate surface area is 364 Å². The number of benzene rings is 8. The molecule has 3 aliphatic carbocycles. The van der Waals surface area contributed by atoms with Crippen molar-refractivity contribution in [2.45, 2.75) is 27.4 Å². The SMILES string of the molecule is O=C1C(c2ccc3c(S(=O)(=O)O)ccc4c3c2NC2(C4)c3ccccc3-c3ccccc32)=C(O)C1=c1ccc2c(S(=O)(=O)O)ccc3c2c1=NC1(N3)c2ccccc2-c2ccccc21. The Morgan fingerprint density at radius 1 is 0.531 bits per heavy atom. The maximum Gasteiger partial charge on any atom is 0.295 e. The zero-order chi connectivity index (χ0) is 43.7. The van der Waals surface area contributed by atoms with Gasteiger partial charge in [-0.1, -0.05) is 127 Å².